The third-order valence-electron chi connectivity index (χ3n) is 2.77. The molecule has 0 aliphatic heterocycles. The van der Waals surface area contributed by atoms with Crippen molar-refractivity contribution in [2.75, 3.05) is 0 Å². The van der Waals surface area contributed by atoms with Gasteiger partial charge in [0.05, 0.1) is 5.69 Å². The molecule has 0 bridgehead atoms. The Labute approximate surface area is 94.7 Å². The SMILES string of the molecule is CCc1cc(=O)[nH]n1-c1cc(C)ccc1C. The summed E-state index contributed by atoms with van der Waals surface area (Å²) in [4.78, 5) is 11.4. The Bertz CT molecular complexity index is 564. The van der Waals surface area contributed by atoms with Gasteiger partial charge in [0.1, 0.15) is 0 Å². The van der Waals surface area contributed by atoms with E-state index in [4.69, 9.17) is 0 Å². The molecule has 84 valence electrons. The molecule has 0 atom stereocenters. The van der Waals surface area contributed by atoms with E-state index in [1.807, 2.05) is 18.5 Å². The Balaban J connectivity index is 2.66. The van der Waals surface area contributed by atoms with Crippen LogP contribution in [0.2, 0.25) is 0 Å². The number of benzene rings is 1. The number of nitrogens with one attached hydrogen (secondary N) is 1. The molecular weight excluding hydrogens is 200 g/mol. The number of hydrogen-bond acceptors (Lipinski definition) is 1. The summed E-state index contributed by atoms with van der Waals surface area (Å²) in [7, 11) is 0. The van der Waals surface area contributed by atoms with Crippen LogP contribution in [0.15, 0.2) is 29.1 Å². The molecule has 1 heterocycles. The van der Waals surface area contributed by atoms with E-state index in [1.54, 1.807) is 6.07 Å². The fourth-order valence-corrected chi connectivity index (χ4v) is 1.87. The summed E-state index contributed by atoms with van der Waals surface area (Å²) in [5.74, 6) is 0. The Morgan fingerprint density at radius 1 is 1.25 bits per heavy atom. The number of aromatic nitrogens is 2. The first-order valence-corrected chi connectivity index (χ1v) is 5.50. The van der Waals surface area contributed by atoms with Crippen LogP contribution >= 0.6 is 0 Å². The van der Waals surface area contributed by atoms with Crippen molar-refractivity contribution in [2.45, 2.75) is 27.2 Å². The van der Waals surface area contributed by atoms with Crippen molar-refractivity contribution >= 4 is 0 Å². The summed E-state index contributed by atoms with van der Waals surface area (Å²) < 4.78 is 1.88. The molecular formula is C13H16N2O. The van der Waals surface area contributed by atoms with E-state index in [2.05, 4.69) is 30.2 Å². The van der Waals surface area contributed by atoms with Gasteiger partial charge in [0.25, 0.3) is 5.56 Å². The monoisotopic (exact) mass is 216 g/mol. The van der Waals surface area contributed by atoms with Crippen molar-refractivity contribution in [2.24, 2.45) is 0 Å². The second kappa shape index (κ2) is 4.00. The minimum Gasteiger partial charge on any atom is -0.268 e. The number of H-pyrrole nitrogens is 1. The van der Waals surface area contributed by atoms with Crippen molar-refractivity contribution in [3.8, 4) is 5.69 Å². The van der Waals surface area contributed by atoms with Crippen molar-refractivity contribution in [1.29, 1.82) is 0 Å². The second-order valence-electron chi connectivity index (χ2n) is 4.09. The third-order valence-corrected chi connectivity index (χ3v) is 2.77. The molecule has 0 unspecified atom stereocenters. The third kappa shape index (κ3) is 1.81. The van der Waals surface area contributed by atoms with Crippen LogP contribution in [0.5, 0.6) is 0 Å². The van der Waals surface area contributed by atoms with Crippen LogP contribution in [0.4, 0.5) is 0 Å². The molecule has 1 N–H and O–H groups in total. The summed E-state index contributed by atoms with van der Waals surface area (Å²) >= 11 is 0. The maximum atomic E-state index is 11.4. The lowest BCUT2D eigenvalue weighted by atomic mass is 10.1. The molecule has 0 aliphatic rings. The van der Waals surface area contributed by atoms with Gasteiger partial charge in [0.2, 0.25) is 0 Å². The van der Waals surface area contributed by atoms with Crippen LogP contribution in [0.25, 0.3) is 5.69 Å². The molecule has 16 heavy (non-hydrogen) atoms. The Kier molecular flexibility index (Phi) is 2.69. The van der Waals surface area contributed by atoms with Crippen LogP contribution in [0.1, 0.15) is 23.7 Å². The maximum Gasteiger partial charge on any atom is 0.264 e. The highest BCUT2D eigenvalue weighted by Crippen LogP contribution is 2.16. The minimum absolute atomic E-state index is 0.0437. The maximum absolute atomic E-state index is 11.4. The summed E-state index contributed by atoms with van der Waals surface area (Å²) in [5.41, 5.74) is 4.37. The van der Waals surface area contributed by atoms with Gasteiger partial charge in [-0.3, -0.25) is 14.6 Å². The van der Waals surface area contributed by atoms with E-state index in [0.29, 0.717) is 0 Å². The van der Waals surface area contributed by atoms with Gasteiger partial charge in [-0.15, -0.1) is 0 Å². The van der Waals surface area contributed by atoms with Gasteiger partial charge >= 0.3 is 0 Å². The summed E-state index contributed by atoms with van der Waals surface area (Å²) in [6.45, 7) is 6.15. The normalized spacial score (nSPS) is 10.7. The van der Waals surface area contributed by atoms with Gasteiger partial charge in [-0.05, 0) is 37.5 Å². The van der Waals surface area contributed by atoms with Gasteiger partial charge in [0.15, 0.2) is 0 Å². The van der Waals surface area contributed by atoms with E-state index in [0.717, 1.165) is 23.4 Å². The molecule has 3 nitrogen and oxygen atoms in total. The predicted octanol–water partition coefficient (Wildman–Crippen LogP) is 2.34. The molecule has 1 aromatic heterocycles. The molecule has 0 amide bonds. The molecule has 0 radical (unpaired) electrons. The smallest absolute Gasteiger partial charge is 0.264 e. The van der Waals surface area contributed by atoms with Crippen LogP contribution in [0, 0.1) is 13.8 Å². The number of aromatic amines is 1. The number of rotatable bonds is 2. The van der Waals surface area contributed by atoms with E-state index in [9.17, 15) is 4.79 Å². The van der Waals surface area contributed by atoms with E-state index >= 15 is 0 Å². The number of nitrogens with zero attached hydrogens (tertiary/aromatic N) is 1. The fourth-order valence-electron chi connectivity index (χ4n) is 1.87. The van der Waals surface area contributed by atoms with Gasteiger partial charge in [-0.1, -0.05) is 19.1 Å². The molecule has 1 aromatic carbocycles. The highest BCUT2D eigenvalue weighted by atomic mass is 16.1. The van der Waals surface area contributed by atoms with Crippen LogP contribution < -0.4 is 5.56 Å². The average molecular weight is 216 g/mol. The van der Waals surface area contributed by atoms with E-state index in [-0.39, 0.29) is 5.56 Å². The molecule has 0 aliphatic carbocycles. The second-order valence-corrected chi connectivity index (χ2v) is 4.09. The van der Waals surface area contributed by atoms with Gasteiger partial charge < -0.3 is 0 Å². The molecule has 0 fully saturated rings. The summed E-state index contributed by atoms with van der Waals surface area (Å²) in [6.07, 6.45) is 0.839. The zero-order valence-corrected chi connectivity index (χ0v) is 9.87. The summed E-state index contributed by atoms with van der Waals surface area (Å²) in [5, 5.41) is 2.84. The first-order chi connectivity index (χ1) is 7.61. The van der Waals surface area contributed by atoms with Crippen molar-refractivity contribution in [1.82, 2.24) is 9.78 Å². The zero-order chi connectivity index (χ0) is 11.7. The average Bonchev–Trinajstić information content (AvgIpc) is 2.63. The van der Waals surface area contributed by atoms with Crippen LogP contribution in [-0.4, -0.2) is 9.78 Å². The van der Waals surface area contributed by atoms with E-state index in [1.165, 1.54) is 5.56 Å². The fraction of sp³-hybridized carbons (Fsp3) is 0.308. The number of aryl methyl sites for hydroxylation is 3. The van der Waals surface area contributed by atoms with Crippen LogP contribution in [-0.2, 0) is 6.42 Å². The standard InChI is InChI=1S/C13H16N2O/c1-4-11-8-13(16)14-15(11)12-7-9(2)5-6-10(12)3/h5-8H,4H2,1-3H3,(H,14,16). The first-order valence-electron chi connectivity index (χ1n) is 5.50. The summed E-state index contributed by atoms with van der Waals surface area (Å²) in [6, 6.07) is 7.89. The molecule has 2 aromatic rings. The van der Waals surface area contributed by atoms with Crippen molar-refractivity contribution in [3.05, 3.63) is 51.4 Å². The zero-order valence-electron chi connectivity index (χ0n) is 9.87. The van der Waals surface area contributed by atoms with E-state index < -0.39 is 0 Å². The number of hydrogen-bond donors (Lipinski definition) is 1. The largest absolute Gasteiger partial charge is 0.268 e. The van der Waals surface area contributed by atoms with Gasteiger partial charge in [-0.25, -0.2) is 0 Å². The lowest BCUT2D eigenvalue weighted by molar-refractivity contribution is 0.799. The lowest BCUT2D eigenvalue weighted by Gasteiger charge is -2.10. The quantitative estimate of drug-likeness (QED) is 0.822. The Morgan fingerprint density at radius 2 is 2.00 bits per heavy atom. The molecule has 0 spiro atoms. The lowest BCUT2D eigenvalue weighted by Crippen LogP contribution is -2.06. The Morgan fingerprint density at radius 3 is 2.69 bits per heavy atom. The highest BCUT2D eigenvalue weighted by Gasteiger charge is 2.07. The van der Waals surface area contributed by atoms with Crippen LogP contribution in [0.3, 0.4) is 0 Å². The van der Waals surface area contributed by atoms with Crippen molar-refractivity contribution in [3.63, 3.8) is 0 Å². The molecule has 0 saturated carbocycles. The van der Waals surface area contributed by atoms with Gasteiger partial charge in [-0.2, -0.15) is 0 Å². The molecule has 0 saturated heterocycles. The predicted molar refractivity (Wildman–Crippen MR) is 65.2 cm³/mol. The Hall–Kier alpha value is -1.77. The van der Waals surface area contributed by atoms with Gasteiger partial charge in [0, 0.05) is 11.8 Å². The minimum atomic E-state index is -0.0437. The topological polar surface area (TPSA) is 37.8 Å². The molecule has 3 heteroatoms. The molecule has 2 rings (SSSR count). The van der Waals surface area contributed by atoms with Crippen molar-refractivity contribution < 1.29 is 0 Å². The first kappa shape index (κ1) is 10.7. The highest BCUT2D eigenvalue weighted by molar-refractivity contribution is 5.43.